The summed E-state index contributed by atoms with van der Waals surface area (Å²) >= 11 is 0. The molecule has 56 valence electrons. The third-order valence-corrected chi connectivity index (χ3v) is 1.74. The molecule has 1 aliphatic rings. The number of hydrogen-bond donors (Lipinski definition) is 0. The van der Waals surface area contributed by atoms with Gasteiger partial charge in [-0.05, 0) is 0 Å². The molecule has 10 heavy (non-hydrogen) atoms. The highest BCUT2D eigenvalue weighted by atomic mass is 16.5. The molecule has 0 aromatic rings. The van der Waals surface area contributed by atoms with Gasteiger partial charge in [0.15, 0.2) is 6.10 Å². The molecule has 0 unspecified atom stereocenters. The van der Waals surface area contributed by atoms with Crippen molar-refractivity contribution in [2.75, 3.05) is 14.2 Å². The van der Waals surface area contributed by atoms with Crippen molar-refractivity contribution in [1.29, 1.82) is 0 Å². The molecular weight excluding hydrogens is 134 g/mol. The standard InChI is InChI=1S/C6H9NO3/c1-7-4(3-8)5(10-2)6(7)9/h3-5H,1-2H3/t4-,5+/m0/s1. The maximum atomic E-state index is 10.8. The van der Waals surface area contributed by atoms with Crippen LogP contribution in [0.1, 0.15) is 0 Å². The van der Waals surface area contributed by atoms with Crippen molar-refractivity contribution in [3.8, 4) is 0 Å². The average Bonchev–Trinajstić information content (AvgIpc) is 1.97. The SMILES string of the molecule is CO[C@H]1C(=O)N(C)[C@H]1C=O. The van der Waals surface area contributed by atoms with Crippen LogP contribution in [-0.2, 0) is 14.3 Å². The second kappa shape index (κ2) is 2.38. The molecule has 0 saturated carbocycles. The van der Waals surface area contributed by atoms with Gasteiger partial charge in [-0.1, -0.05) is 0 Å². The number of nitrogens with zero attached hydrogens (tertiary/aromatic N) is 1. The van der Waals surface area contributed by atoms with E-state index in [4.69, 9.17) is 4.74 Å². The maximum Gasteiger partial charge on any atom is 0.254 e. The molecule has 0 N–H and O–H groups in total. The minimum absolute atomic E-state index is 0.125. The van der Waals surface area contributed by atoms with Crippen LogP contribution in [0, 0.1) is 0 Å². The van der Waals surface area contributed by atoms with Gasteiger partial charge in [0.05, 0.1) is 0 Å². The van der Waals surface area contributed by atoms with E-state index in [1.54, 1.807) is 7.05 Å². The van der Waals surface area contributed by atoms with Crippen LogP contribution in [0.3, 0.4) is 0 Å². The van der Waals surface area contributed by atoms with Gasteiger partial charge in [0.25, 0.3) is 5.91 Å². The molecule has 0 radical (unpaired) electrons. The van der Waals surface area contributed by atoms with E-state index in [9.17, 15) is 9.59 Å². The second-order valence-corrected chi connectivity index (χ2v) is 2.23. The first-order chi connectivity index (χ1) is 4.72. The van der Waals surface area contributed by atoms with E-state index >= 15 is 0 Å². The smallest absolute Gasteiger partial charge is 0.254 e. The number of aldehydes is 1. The van der Waals surface area contributed by atoms with Crippen molar-refractivity contribution in [2.24, 2.45) is 0 Å². The Labute approximate surface area is 58.8 Å². The lowest BCUT2D eigenvalue weighted by Crippen LogP contribution is -2.64. The van der Waals surface area contributed by atoms with Crippen LogP contribution in [-0.4, -0.2) is 43.4 Å². The molecular formula is C6H9NO3. The number of likely N-dealkylation sites (N-methyl/N-ethyl adjacent to an activating group) is 1. The fraction of sp³-hybridized carbons (Fsp3) is 0.667. The number of rotatable bonds is 2. The molecule has 0 aliphatic carbocycles. The molecule has 2 atom stereocenters. The highest BCUT2D eigenvalue weighted by molar-refractivity contribution is 5.94. The zero-order chi connectivity index (χ0) is 7.72. The Bertz CT molecular complexity index is 168. The lowest BCUT2D eigenvalue weighted by molar-refractivity contribution is -0.168. The minimum atomic E-state index is -0.539. The fourth-order valence-corrected chi connectivity index (χ4v) is 1.02. The largest absolute Gasteiger partial charge is 0.369 e. The van der Waals surface area contributed by atoms with Crippen molar-refractivity contribution >= 4 is 12.2 Å². The summed E-state index contributed by atoms with van der Waals surface area (Å²) in [6, 6.07) is -0.377. The van der Waals surface area contributed by atoms with Gasteiger partial charge in [-0.3, -0.25) is 4.79 Å². The first-order valence-electron chi connectivity index (χ1n) is 2.97. The number of methoxy groups -OCH3 is 1. The Morgan fingerprint density at radius 2 is 2.30 bits per heavy atom. The molecule has 0 aromatic heterocycles. The summed E-state index contributed by atoms with van der Waals surface area (Å²) in [5, 5.41) is 0. The summed E-state index contributed by atoms with van der Waals surface area (Å²) in [6.07, 6.45) is 0.178. The van der Waals surface area contributed by atoms with Gasteiger partial charge < -0.3 is 14.4 Å². The Balaban J connectivity index is 2.60. The second-order valence-electron chi connectivity index (χ2n) is 2.23. The average molecular weight is 143 g/mol. The van der Waals surface area contributed by atoms with Crippen LogP contribution >= 0.6 is 0 Å². The van der Waals surface area contributed by atoms with E-state index in [1.807, 2.05) is 0 Å². The maximum absolute atomic E-state index is 10.8. The zero-order valence-electron chi connectivity index (χ0n) is 5.90. The summed E-state index contributed by atoms with van der Waals surface area (Å²) in [5.41, 5.74) is 0. The van der Waals surface area contributed by atoms with Gasteiger partial charge in [0, 0.05) is 14.2 Å². The van der Waals surface area contributed by atoms with E-state index in [2.05, 4.69) is 0 Å². The Morgan fingerprint density at radius 1 is 1.70 bits per heavy atom. The van der Waals surface area contributed by atoms with Crippen LogP contribution in [0.15, 0.2) is 0 Å². The lowest BCUT2D eigenvalue weighted by atomic mass is 10.0. The molecule has 1 rings (SSSR count). The Morgan fingerprint density at radius 3 is 2.60 bits per heavy atom. The topological polar surface area (TPSA) is 46.6 Å². The van der Waals surface area contributed by atoms with Crippen LogP contribution in [0.5, 0.6) is 0 Å². The monoisotopic (exact) mass is 143 g/mol. The van der Waals surface area contributed by atoms with Crippen molar-refractivity contribution in [3.63, 3.8) is 0 Å². The van der Waals surface area contributed by atoms with E-state index in [0.29, 0.717) is 0 Å². The number of likely N-dealkylation sites (tertiary alicyclic amines) is 1. The van der Waals surface area contributed by atoms with Gasteiger partial charge in [-0.15, -0.1) is 0 Å². The third kappa shape index (κ3) is 0.724. The molecule has 1 aliphatic heterocycles. The van der Waals surface area contributed by atoms with Gasteiger partial charge in [-0.2, -0.15) is 0 Å². The van der Waals surface area contributed by atoms with Gasteiger partial charge in [0.1, 0.15) is 12.3 Å². The number of carbonyl (C=O) groups is 2. The number of carbonyl (C=O) groups excluding carboxylic acids is 2. The number of hydrogen-bond acceptors (Lipinski definition) is 3. The van der Waals surface area contributed by atoms with E-state index in [0.717, 1.165) is 6.29 Å². The molecule has 0 bridgehead atoms. The molecule has 1 saturated heterocycles. The van der Waals surface area contributed by atoms with E-state index in [-0.39, 0.29) is 11.9 Å². The van der Waals surface area contributed by atoms with Gasteiger partial charge >= 0.3 is 0 Å². The predicted molar refractivity (Wildman–Crippen MR) is 33.4 cm³/mol. The Hall–Kier alpha value is -0.900. The normalized spacial score (nSPS) is 31.8. The van der Waals surface area contributed by atoms with Gasteiger partial charge in [-0.25, -0.2) is 0 Å². The fourth-order valence-electron chi connectivity index (χ4n) is 1.02. The zero-order valence-corrected chi connectivity index (χ0v) is 5.90. The molecule has 0 spiro atoms. The molecule has 1 amide bonds. The van der Waals surface area contributed by atoms with E-state index < -0.39 is 6.10 Å². The molecule has 1 heterocycles. The third-order valence-electron chi connectivity index (χ3n) is 1.74. The highest BCUT2D eigenvalue weighted by Gasteiger charge is 2.45. The summed E-state index contributed by atoms with van der Waals surface area (Å²) in [4.78, 5) is 22.4. The van der Waals surface area contributed by atoms with Crippen molar-refractivity contribution < 1.29 is 14.3 Å². The van der Waals surface area contributed by atoms with Gasteiger partial charge in [0.2, 0.25) is 0 Å². The predicted octanol–water partition coefficient (Wildman–Crippen LogP) is -0.959. The first kappa shape index (κ1) is 7.21. The lowest BCUT2D eigenvalue weighted by Gasteiger charge is -2.40. The number of amides is 1. The summed E-state index contributed by atoms with van der Waals surface area (Å²) in [6.45, 7) is 0. The highest BCUT2D eigenvalue weighted by Crippen LogP contribution is 2.17. The van der Waals surface area contributed by atoms with Crippen molar-refractivity contribution in [3.05, 3.63) is 0 Å². The number of ether oxygens (including phenoxy) is 1. The molecule has 4 nitrogen and oxygen atoms in total. The minimum Gasteiger partial charge on any atom is -0.369 e. The van der Waals surface area contributed by atoms with Crippen LogP contribution in [0.4, 0.5) is 0 Å². The van der Waals surface area contributed by atoms with Crippen molar-refractivity contribution in [1.82, 2.24) is 4.90 Å². The number of β-lactam (4-membered cyclic amide) rings is 1. The van der Waals surface area contributed by atoms with E-state index in [1.165, 1.54) is 12.0 Å². The first-order valence-corrected chi connectivity index (χ1v) is 2.97. The summed E-state index contributed by atoms with van der Waals surface area (Å²) in [7, 11) is 3.00. The summed E-state index contributed by atoms with van der Waals surface area (Å²) in [5.74, 6) is -0.125. The van der Waals surface area contributed by atoms with Crippen LogP contribution < -0.4 is 0 Å². The van der Waals surface area contributed by atoms with Crippen molar-refractivity contribution in [2.45, 2.75) is 12.1 Å². The Kier molecular flexibility index (Phi) is 1.72. The van der Waals surface area contributed by atoms with Crippen LogP contribution in [0.25, 0.3) is 0 Å². The van der Waals surface area contributed by atoms with Crippen LogP contribution in [0.2, 0.25) is 0 Å². The molecule has 0 aromatic carbocycles. The molecule has 4 heteroatoms. The quantitative estimate of drug-likeness (QED) is 0.369. The summed E-state index contributed by atoms with van der Waals surface area (Å²) < 4.78 is 4.75. The molecule has 1 fully saturated rings.